The molecule has 0 bridgehead atoms. The Morgan fingerprint density at radius 3 is 2.60 bits per heavy atom. The predicted octanol–water partition coefficient (Wildman–Crippen LogP) is 2.93. The highest BCUT2D eigenvalue weighted by Crippen LogP contribution is 2.44. The van der Waals surface area contributed by atoms with Crippen LogP contribution in [0.15, 0.2) is 16.6 Å². The van der Waals surface area contributed by atoms with E-state index >= 15 is 0 Å². The van der Waals surface area contributed by atoms with Crippen molar-refractivity contribution < 1.29 is 9.13 Å². The number of rotatable bonds is 2. The number of methoxy groups -OCH3 is 1. The van der Waals surface area contributed by atoms with E-state index < -0.39 is 5.54 Å². The Labute approximate surface area is 96.7 Å². The van der Waals surface area contributed by atoms with Gasteiger partial charge < -0.3 is 10.5 Å². The van der Waals surface area contributed by atoms with Gasteiger partial charge in [-0.2, -0.15) is 0 Å². The summed E-state index contributed by atoms with van der Waals surface area (Å²) in [6.07, 6.45) is 2.69. The Morgan fingerprint density at radius 2 is 2.13 bits per heavy atom. The third-order valence-corrected chi connectivity index (χ3v) is 3.44. The Kier molecular flexibility index (Phi) is 2.73. The highest BCUT2D eigenvalue weighted by Gasteiger charge is 2.39. The number of ether oxygens (including phenoxy) is 1. The average Bonchev–Trinajstić information content (AvgIpc) is 2.13. The first-order valence-electron chi connectivity index (χ1n) is 4.89. The summed E-state index contributed by atoms with van der Waals surface area (Å²) in [7, 11) is 1.53. The lowest BCUT2D eigenvalue weighted by molar-refractivity contribution is 0.235. The fourth-order valence-electron chi connectivity index (χ4n) is 2.00. The highest BCUT2D eigenvalue weighted by atomic mass is 79.9. The standard InChI is InChI=1S/C11H13BrFNO/c1-15-9-6-7(12)5-8(13)10(9)11(14)3-2-4-11/h5-6H,2-4,14H2,1H3. The lowest BCUT2D eigenvalue weighted by atomic mass is 9.72. The molecule has 1 aliphatic carbocycles. The Bertz CT molecular complexity index is 390. The maximum absolute atomic E-state index is 13.8. The molecule has 2 N–H and O–H groups in total. The van der Waals surface area contributed by atoms with Gasteiger partial charge in [-0.3, -0.25) is 0 Å². The van der Waals surface area contributed by atoms with Crippen LogP contribution < -0.4 is 10.5 Å². The lowest BCUT2D eigenvalue weighted by Crippen LogP contribution is -2.44. The third-order valence-electron chi connectivity index (χ3n) is 2.98. The van der Waals surface area contributed by atoms with Crippen molar-refractivity contribution in [2.75, 3.05) is 7.11 Å². The summed E-state index contributed by atoms with van der Waals surface area (Å²) in [4.78, 5) is 0. The maximum Gasteiger partial charge on any atom is 0.133 e. The van der Waals surface area contributed by atoms with E-state index in [0.717, 1.165) is 19.3 Å². The fraction of sp³-hybridized carbons (Fsp3) is 0.455. The molecule has 0 amide bonds. The van der Waals surface area contributed by atoms with Gasteiger partial charge in [-0.25, -0.2) is 4.39 Å². The summed E-state index contributed by atoms with van der Waals surface area (Å²) in [5, 5.41) is 0. The summed E-state index contributed by atoms with van der Waals surface area (Å²) < 4.78 is 19.7. The molecule has 1 aromatic rings. The van der Waals surface area contributed by atoms with Gasteiger partial charge in [0.2, 0.25) is 0 Å². The van der Waals surface area contributed by atoms with Crippen LogP contribution in [0.25, 0.3) is 0 Å². The molecule has 1 aromatic carbocycles. The first-order chi connectivity index (χ1) is 7.07. The fourth-order valence-corrected chi connectivity index (χ4v) is 2.41. The lowest BCUT2D eigenvalue weighted by Gasteiger charge is -2.39. The summed E-state index contributed by atoms with van der Waals surface area (Å²) in [6, 6.07) is 3.19. The Balaban J connectivity index is 2.53. The minimum Gasteiger partial charge on any atom is -0.496 e. The molecule has 1 fully saturated rings. The number of benzene rings is 1. The monoisotopic (exact) mass is 273 g/mol. The number of nitrogens with two attached hydrogens (primary N) is 1. The van der Waals surface area contributed by atoms with Crippen LogP contribution in [0, 0.1) is 5.82 Å². The van der Waals surface area contributed by atoms with E-state index in [2.05, 4.69) is 15.9 Å². The molecule has 0 aromatic heterocycles. The van der Waals surface area contributed by atoms with E-state index in [0.29, 0.717) is 15.8 Å². The van der Waals surface area contributed by atoms with Gasteiger partial charge >= 0.3 is 0 Å². The van der Waals surface area contributed by atoms with Crippen LogP contribution in [-0.2, 0) is 5.54 Å². The van der Waals surface area contributed by atoms with Crippen LogP contribution in [0.5, 0.6) is 5.75 Å². The summed E-state index contributed by atoms with van der Waals surface area (Å²) in [6.45, 7) is 0. The zero-order chi connectivity index (χ0) is 11.1. The molecule has 0 atom stereocenters. The molecular weight excluding hydrogens is 261 g/mol. The van der Waals surface area contributed by atoms with E-state index in [1.54, 1.807) is 6.07 Å². The minimum absolute atomic E-state index is 0.288. The molecule has 0 unspecified atom stereocenters. The van der Waals surface area contributed by atoms with Crippen LogP contribution >= 0.6 is 15.9 Å². The molecule has 4 heteroatoms. The molecule has 0 saturated heterocycles. The normalized spacial score (nSPS) is 18.4. The van der Waals surface area contributed by atoms with Gasteiger partial charge in [0.15, 0.2) is 0 Å². The quantitative estimate of drug-likeness (QED) is 0.899. The second-order valence-electron chi connectivity index (χ2n) is 3.97. The molecule has 0 heterocycles. The summed E-state index contributed by atoms with van der Waals surface area (Å²) in [5.41, 5.74) is 6.10. The molecule has 0 spiro atoms. The van der Waals surface area contributed by atoms with Crippen molar-refractivity contribution >= 4 is 15.9 Å². The van der Waals surface area contributed by atoms with Gasteiger partial charge in [0.1, 0.15) is 11.6 Å². The van der Waals surface area contributed by atoms with E-state index in [1.807, 2.05) is 0 Å². The van der Waals surface area contributed by atoms with Crippen molar-refractivity contribution in [3.05, 3.63) is 28.0 Å². The summed E-state index contributed by atoms with van der Waals surface area (Å²) >= 11 is 3.23. The maximum atomic E-state index is 13.8. The van der Waals surface area contributed by atoms with Crippen molar-refractivity contribution in [2.24, 2.45) is 5.73 Å². The van der Waals surface area contributed by atoms with Crippen LogP contribution in [0.1, 0.15) is 24.8 Å². The highest BCUT2D eigenvalue weighted by molar-refractivity contribution is 9.10. The van der Waals surface area contributed by atoms with Crippen molar-refractivity contribution in [1.82, 2.24) is 0 Å². The third kappa shape index (κ3) is 1.76. The van der Waals surface area contributed by atoms with Gasteiger partial charge in [-0.05, 0) is 31.4 Å². The molecular formula is C11H13BrFNO. The van der Waals surface area contributed by atoms with Gasteiger partial charge in [0.05, 0.1) is 7.11 Å². The molecule has 15 heavy (non-hydrogen) atoms. The van der Waals surface area contributed by atoms with Crippen LogP contribution in [0.3, 0.4) is 0 Å². The van der Waals surface area contributed by atoms with Gasteiger partial charge in [0, 0.05) is 15.6 Å². The van der Waals surface area contributed by atoms with Crippen LogP contribution in [-0.4, -0.2) is 7.11 Å². The number of hydrogen-bond donors (Lipinski definition) is 1. The van der Waals surface area contributed by atoms with Crippen molar-refractivity contribution in [2.45, 2.75) is 24.8 Å². The summed E-state index contributed by atoms with van der Waals surface area (Å²) in [5.74, 6) is 0.243. The van der Waals surface area contributed by atoms with Crippen molar-refractivity contribution in [3.63, 3.8) is 0 Å². The van der Waals surface area contributed by atoms with Gasteiger partial charge in [-0.15, -0.1) is 0 Å². The topological polar surface area (TPSA) is 35.2 Å². The van der Waals surface area contributed by atoms with E-state index in [-0.39, 0.29) is 5.82 Å². The molecule has 0 radical (unpaired) electrons. The van der Waals surface area contributed by atoms with Crippen molar-refractivity contribution in [1.29, 1.82) is 0 Å². The largest absolute Gasteiger partial charge is 0.496 e. The Morgan fingerprint density at radius 1 is 1.47 bits per heavy atom. The van der Waals surface area contributed by atoms with Crippen LogP contribution in [0.4, 0.5) is 4.39 Å². The van der Waals surface area contributed by atoms with Crippen molar-refractivity contribution in [3.8, 4) is 5.75 Å². The van der Waals surface area contributed by atoms with Gasteiger partial charge in [0.25, 0.3) is 0 Å². The zero-order valence-electron chi connectivity index (χ0n) is 8.52. The Hall–Kier alpha value is -0.610. The van der Waals surface area contributed by atoms with Gasteiger partial charge in [-0.1, -0.05) is 15.9 Å². The molecule has 2 rings (SSSR count). The second kappa shape index (κ2) is 3.76. The van der Waals surface area contributed by atoms with E-state index in [1.165, 1.54) is 13.2 Å². The smallest absolute Gasteiger partial charge is 0.133 e. The molecule has 2 nitrogen and oxygen atoms in total. The number of halogens is 2. The predicted molar refractivity (Wildman–Crippen MR) is 60.4 cm³/mol. The van der Waals surface area contributed by atoms with E-state index in [9.17, 15) is 4.39 Å². The molecule has 1 aliphatic rings. The number of hydrogen-bond acceptors (Lipinski definition) is 2. The first-order valence-corrected chi connectivity index (χ1v) is 5.68. The SMILES string of the molecule is COc1cc(Br)cc(F)c1C1(N)CCC1. The molecule has 82 valence electrons. The zero-order valence-corrected chi connectivity index (χ0v) is 10.1. The molecule has 1 saturated carbocycles. The first kappa shape index (κ1) is 10.9. The average molecular weight is 274 g/mol. The minimum atomic E-state index is -0.532. The molecule has 0 aliphatic heterocycles. The van der Waals surface area contributed by atoms with E-state index in [4.69, 9.17) is 10.5 Å². The van der Waals surface area contributed by atoms with Crippen LogP contribution in [0.2, 0.25) is 0 Å². The second-order valence-corrected chi connectivity index (χ2v) is 4.89.